The number of nitrogens with zero attached hydrogens (tertiary/aromatic N) is 1. The average Bonchev–Trinajstić information content (AvgIpc) is 3.07. The second-order valence-corrected chi connectivity index (χ2v) is 6.95. The van der Waals surface area contributed by atoms with Crippen LogP contribution in [0.5, 0.6) is 0 Å². The highest BCUT2D eigenvalue weighted by Gasteiger charge is 2.51. The highest BCUT2D eigenvalue weighted by molar-refractivity contribution is 5.99. The Morgan fingerprint density at radius 1 is 1.16 bits per heavy atom. The van der Waals surface area contributed by atoms with Gasteiger partial charge < -0.3 is 10.2 Å². The predicted octanol–water partition coefficient (Wildman–Crippen LogP) is 1.69. The average molecular weight is 264 g/mol. The lowest BCUT2D eigenvalue weighted by atomic mass is 9.92. The van der Waals surface area contributed by atoms with Crippen molar-refractivity contribution in [2.75, 3.05) is 6.54 Å². The van der Waals surface area contributed by atoms with Crippen LogP contribution in [0.15, 0.2) is 0 Å². The molecule has 0 radical (unpaired) electrons. The number of piperazine rings is 1. The van der Waals surface area contributed by atoms with E-state index >= 15 is 0 Å². The first kappa shape index (κ1) is 12.9. The van der Waals surface area contributed by atoms with Crippen LogP contribution in [0, 0.1) is 11.8 Å². The van der Waals surface area contributed by atoms with E-state index in [0.717, 1.165) is 19.4 Å². The lowest BCUT2D eigenvalue weighted by Gasteiger charge is -2.45. The summed E-state index contributed by atoms with van der Waals surface area (Å²) in [6.45, 7) is 4.51. The van der Waals surface area contributed by atoms with Crippen molar-refractivity contribution in [1.82, 2.24) is 10.2 Å². The number of carbonyl (C=O) groups excluding carboxylic acids is 2. The van der Waals surface area contributed by atoms with Crippen LogP contribution in [0.1, 0.15) is 52.4 Å². The molecule has 3 rings (SSSR count). The van der Waals surface area contributed by atoms with Crippen LogP contribution in [0.25, 0.3) is 0 Å². The van der Waals surface area contributed by atoms with Crippen LogP contribution in [-0.4, -0.2) is 34.8 Å². The molecule has 0 aromatic rings. The summed E-state index contributed by atoms with van der Waals surface area (Å²) in [7, 11) is 0. The highest BCUT2D eigenvalue weighted by atomic mass is 16.2. The molecule has 19 heavy (non-hydrogen) atoms. The van der Waals surface area contributed by atoms with Crippen LogP contribution >= 0.6 is 0 Å². The van der Waals surface area contributed by atoms with Gasteiger partial charge >= 0.3 is 0 Å². The summed E-state index contributed by atoms with van der Waals surface area (Å²) in [5, 5.41) is 2.94. The summed E-state index contributed by atoms with van der Waals surface area (Å²) in [5.74, 6) is 1.15. The van der Waals surface area contributed by atoms with Gasteiger partial charge in [0.1, 0.15) is 11.6 Å². The molecule has 0 aromatic heterocycles. The second-order valence-electron chi connectivity index (χ2n) is 6.95. The van der Waals surface area contributed by atoms with Crippen LogP contribution in [0.2, 0.25) is 0 Å². The molecule has 4 heteroatoms. The third kappa shape index (κ3) is 2.26. The summed E-state index contributed by atoms with van der Waals surface area (Å²) in [5.41, 5.74) is -0.689. The van der Waals surface area contributed by atoms with Gasteiger partial charge in [-0.05, 0) is 51.4 Å². The van der Waals surface area contributed by atoms with E-state index in [2.05, 4.69) is 5.32 Å². The van der Waals surface area contributed by atoms with Crippen molar-refractivity contribution in [3.05, 3.63) is 0 Å². The minimum atomic E-state index is -0.689. The Balaban J connectivity index is 1.78. The molecule has 1 saturated heterocycles. The van der Waals surface area contributed by atoms with Crippen molar-refractivity contribution >= 4 is 11.8 Å². The third-order valence-corrected chi connectivity index (χ3v) is 5.06. The highest BCUT2D eigenvalue weighted by Crippen LogP contribution is 2.37. The quantitative estimate of drug-likeness (QED) is 0.843. The van der Waals surface area contributed by atoms with E-state index in [1.807, 2.05) is 18.7 Å². The standard InChI is InChI=1S/C15H24N2O2/c1-15(2)14(19)16-12(11-7-8-11)13(18)17(15)9-10-5-3-4-6-10/h10-12H,3-9H2,1-2H3,(H,16,19). The number of rotatable bonds is 3. The summed E-state index contributed by atoms with van der Waals surface area (Å²) in [6, 6.07) is -0.248. The topological polar surface area (TPSA) is 49.4 Å². The SMILES string of the molecule is CC1(C)C(=O)NC(C2CC2)C(=O)N1CC1CCCC1. The lowest BCUT2D eigenvalue weighted by molar-refractivity contribution is -0.156. The molecule has 1 heterocycles. The molecule has 2 saturated carbocycles. The molecule has 4 nitrogen and oxygen atoms in total. The van der Waals surface area contributed by atoms with Crippen molar-refractivity contribution in [2.24, 2.45) is 11.8 Å². The molecule has 3 fully saturated rings. The summed E-state index contributed by atoms with van der Waals surface area (Å²) < 4.78 is 0. The molecule has 0 spiro atoms. The Morgan fingerprint density at radius 3 is 2.37 bits per heavy atom. The van der Waals surface area contributed by atoms with Gasteiger partial charge in [0.05, 0.1) is 0 Å². The van der Waals surface area contributed by atoms with E-state index in [1.54, 1.807) is 0 Å². The Morgan fingerprint density at radius 2 is 1.79 bits per heavy atom. The molecule has 1 atom stereocenters. The first-order chi connectivity index (χ1) is 9.00. The monoisotopic (exact) mass is 264 g/mol. The lowest BCUT2D eigenvalue weighted by Crippen LogP contribution is -2.69. The van der Waals surface area contributed by atoms with Gasteiger partial charge in [-0.3, -0.25) is 9.59 Å². The number of hydrogen-bond donors (Lipinski definition) is 1. The molecule has 2 aliphatic carbocycles. The van der Waals surface area contributed by atoms with Crippen molar-refractivity contribution < 1.29 is 9.59 Å². The largest absolute Gasteiger partial charge is 0.342 e. The van der Waals surface area contributed by atoms with Gasteiger partial charge in [-0.2, -0.15) is 0 Å². The van der Waals surface area contributed by atoms with Gasteiger partial charge in [0.25, 0.3) is 0 Å². The summed E-state index contributed by atoms with van der Waals surface area (Å²) in [6.07, 6.45) is 7.10. The number of nitrogens with one attached hydrogen (secondary N) is 1. The Labute approximate surface area is 114 Å². The third-order valence-electron chi connectivity index (χ3n) is 5.06. The van der Waals surface area contributed by atoms with Crippen molar-refractivity contribution in [3.8, 4) is 0 Å². The Hall–Kier alpha value is -1.06. The molecule has 0 bridgehead atoms. The minimum absolute atomic E-state index is 0.0157. The first-order valence-electron chi connectivity index (χ1n) is 7.62. The van der Waals surface area contributed by atoms with E-state index in [0.29, 0.717) is 11.8 Å². The fourth-order valence-corrected chi connectivity index (χ4v) is 3.46. The normalized spacial score (nSPS) is 31.7. The molecule has 106 valence electrons. The van der Waals surface area contributed by atoms with E-state index in [1.165, 1.54) is 25.7 Å². The van der Waals surface area contributed by atoms with Crippen molar-refractivity contribution in [1.29, 1.82) is 0 Å². The smallest absolute Gasteiger partial charge is 0.246 e. The van der Waals surface area contributed by atoms with E-state index in [-0.39, 0.29) is 17.9 Å². The molecule has 1 aliphatic heterocycles. The minimum Gasteiger partial charge on any atom is -0.342 e. The molecule has 1 N–H and O–H groups in total. The maximum Gasteiger partial charge on any atom is 0.246 e. The van der Waals surface area contributed by atoms with E-state index in [9.17, 15) is 9.59 Å². The second kappa shape index (κ2) is 4.50. The maximum atomic E-state index is 12.7. The molecular weight excluding hydrogens is 240 g/mol. The van der Waals surface area contributed by atoms with Crippen LogP contribution in [0.3, 0.4) is 0 Å². The maximum absolute atomic E-state index is 12.7. The fraction of sp³-hybridized carbons (Fsp3) is 0.867. The zero-order chi connectivity index (χ0) is 13.6. The van der Waals surface area contributed by atoms with E-state index < -0.39 is 5.54 Å². The number of amides is 2. The van der Waals surface area contributed by atoms with Gasteiger partial charge in [0, 0.05) is 6.54 Å². The molecular formula is C15H24N2O2. The van der Waals surface area contributed by atoms with E-state index in [4.69, 9.17) is 0 Å². The van der Waals surface area contributed by atoms with Crippen molar-refractivity contribution in [2.45, 2.75) is 64.0 Å². The fourth-order valence-electron chi connectivity index (χ4n) is 3.46. The molecule has 3 aliphatic rings. The summed E-state index contributed by atoms with van der Waals surface area (Å²) >= 11 is 0. The predicted molar refractivity (Wildman–Crippen MR) is 72.4 cm³/mol. The first-order valence-corrected chi connectivity index (χ1v) is 7.62. The number of carbonyl (C=O) groups is 2. The van der Waals surface area contributed by atoms with Gasteiger partial charge in [-0.15, -0.1) is 0 Å². The zero-order valence-corrected chi connectivity index (χ0v) is 11.9. The van der Waals surface area contributed by atoms with Crippen LogP contribution in [-0.2, 0) is 9.59 Å². The summed E-state index contributed by atoms with van der Waals surface area (Å²) in [4.78, 5) is 26.8. The van der Waals surface area contributed by atoms with Gasteiger partial charge in [0.2, 0.25) is 11.8 Å². The zero-order valence-electron chi connectivity index (χ0n) is 11.9. The van der Waals surface area contributed by atoms with Gasteiger partial charge in [-0.1, -0.05) is 12.8 Å². The number of hydrogen-bond acceptors (Lipinski definition) is 2. The van der Waals surface area contributed by atoms with Gasteiger partial charge in [-0.25, -0.2) is 0 Å². The Bertz CT molecular complexity index is 395. The Kier molecular flexibility index (Phi) is 3.06. The van der Waals surface area contributed by atoms with Crippen molar-refractivity contribution in [3.63, 3.8) is 0 Å². The molecule has 2 amide bonds. The van der Waals surface area contributed by atoms with Crippen LogP contribution in [0.4, 0.5) is 0 Å². The molecule has 1 unspecified atom stereocenters. The van der Waals surface area contributed by atoms with Crippen LogP contribution < -0.4 is 5.32 Å². The van der Waals surface area contributed by atoms with Gasteiger partial charge in [0.15, 0.2) is 0 Å². The molecule has 0 aromatic carbocycles.